The van der Waals surface area contributed by atoms with Gasteiger partial charge in [-0.25, -0.2) is 24.0 Å². The lowest BCUT2D eigenvalue weighted by molar-refractivity contribution is -0.711. The second-order valence-electron chi connectivity index (χ2n) is 15.7. The zero-order valence-corrected chi connectivity index (χ0v) is 34.5. The third-order valence-corrected chi connectivity index (χ3v) is 10.5. The van der Waals surface area contributed by atoms with E-state index in [1.54, 1.807) is 41.5 Å². The summed E-state index contributed by atoms with van der Waals surface area (Å²) in [5, 5.41) is 25.5. The number of fused-ring (bicyclic) bond motifs is 1. The van der Waals surface area contributed by atoms with Gasteiger partial charge in [0.15, 0.2) is 16.6 Å². The van der Waals surface area contributed by atoms with Crippen LogP contribution in [0.4, 0.5) is 9.93 Å². The first-order valence-corrected chi connectivity index (χ1v) is 19.4. The Labute approximate surface area is 340 Å². The first-order valence-electron chi connectivity index (χ1n) is 17.7. The maximum absolute atomic E-state index is 14.1. The Balaban J connectivity index is 1.38. The molecule has 23 heteroatoms. The number of anilines is 1. The summed E-state index contributed by atoms with van der Waals surface area (Å²) in [4.78, 5) is 91.5. The molecule has 0 bridgehead atoms. The molecule has 0 spiro atoms. The molecule has 5 rings (SSSR count). The first-order chi connectivity index (χ1) is 27.0. The average Bonchev–Trinajstić information content (AvgIpc) is 3.86. The van der Waals surface area contributed by atoms with Crippen molar-refractivity contribution >= 4 is 63.7 Å². The molecule has 3 atom stereocenters. The molecular formula is C35H43N9O12S2. The van der Waals surface area contributed by atoms with Crippen molar-refractivity contribution in [1.82, 2.24) is 30.2 Å². The van der Waals surface area contributed by atoms with E-state index < -0.39 is 67.8 Å². The van der Waals surface area contributed by atoms with Gasteiger partial charge in [0.05, 0.1) is 30.6 Å². The number of nitrogens with one attached hydrogen (secondary N) is 1. The molecule has 0 aliphatic carbocycles. The van der Waals surface area contributed by atoms with E-state index in [-0.39, 0.29) is 54.1 Å². The van der Waals surface area contributed by atoms with Crippen LogP contribution >= 0.6 is 23.1 Å². The highest BCUT2D eigenvalue weighted by atomic mass is 32.2. The van der Waals surface area contributed by atoms with Crippen LogP contribution < -0.4 is 15.9 Å². The first kappa shape index (κ1) is 43.3. The molecule has 4 heterocycles. The number of Topliss-reactive ketones (excluding diaryl/α,β-unsaturated/α-hetero) is 1. The molecule has 0 radical (unpaired) electrons. The predicted molar refractivity (Wildman–Crippen MR) is 205 cm³/mol. The monoisotopic (exact) mass is 845 g/mol. The van der Waals surface area contributed by atoms with Crippen molar-refractivity contribution in [2.75, 3.05) is 12.3 Å². The standard InChI is InChI=1S/C35H43N9O12S2/c1-32(2,3)53-28(47)34(7,8)56-40-25(23-17-57-30(36)38-23)24(45)13-22-26(46)42-18-35(58-27(22)42,29(48)52-16-19-9-11-21(12-10-19)55-44(50)51)43-15-20(39-41-43)14-37-31(49)54-33(4,5)6/h9-12,15,17,22,27H,13-14,16,18H2,1-8H3,(H2,36,38)(H,37,49)/b40-25-/t22?,27-,35-/m1/s1. The molecule has 2 aliphatic rings. The van der Waals surface area contributed by atoms with Crippen LogP contribution in [-0.4, -0.2) is 94.1 Å². The summed E-state index contributed by atoms with van der Waals surface area (Å²) in [7, 11) is 0. The lowest BCUT2D eigenvalue weighted by Crippen LogP contribution is -2.57. The zero-order chi connectivity index (χ0) is 42.8. The van der Waals surface area contributed by atoms with E-state index in [0.717, 1.165) is 23.1 Å². The number of thiazole rings is 1. The molecule has 2 aliphatic heterocycles. The summed E-state index contributed by atoms with van der Waals surface area (Å²) in [5.74, 6) is -3.62. The van der Waals surface area contributed by atoms with E-state index in [9.17, 15) is 34.1 Å². The van der Waals surface area contributed by atoms with Crippen molar-refractivity contribution in [3.05, 3.63) is 62.9 Å². The van der Waals surface area contributed by atoms with E-state index >= 15 is 0 Å². The van der Waals surface area contributed by atoms with E-state index in [0.29, 0.717) is 5.56 Å². The summed E-state index contributed by atoms with van der Waals surface area (Å²) in [5.41, 5.74) is 3.17. The smallest absolute Gasteiger partial charge is 0.407 e. The number of hydrogen-bond acceptors (Lipinski definition) is 19. The maximum atomic E-state index is 14.1. The Morgan fingerprint density at radius 1 is 1.07 bits per heavy atom. The van der Waals surface area contributed by atoms with Crippen molar-refractivity contribution in [3.8, 4) is 5.75 Å². The lowest BCUT2D eigenvalue weighted by Gasteiger charge is -2.40. The maximum Gasteiger partial charge on any atom is 0.407 e. The molecule has 312 valence electrons. The van der Waals surface area contributed by atoms with Crippen LogP contribution in [0.1, 0.15) is 78.8 Å². The van der Waals surface area contributed by atoms with Crippen molar-refractivity contribution in [2.24, 2.45) is 11.1 Å². The zero-order valence-electron chi connectivity index (χ0n) is 32.9. The Kier molecular flexibility index (Phi) is 12.4. The van der Waals surface area contributed by atoms with Gasteiger partial charge in [0.2, 0.25) is 16.4 Å². The number of benzene rings is 1. The van der Waals surface area contributed by atoms with Crippen LogP contribution in [-0.2, 0) is 56.2 Å². The van der Waals surface area contributed by atoms with Gasteiger partial charge in [-0.1, -0.05) is 34.3 Å². The van der Waals surface area contributed by atoms with E-state index in [2.05, 4.69) is 30.6 Å². The normalized spacial score (nSPS) is 19.4. The number of oxime groups is 1. The molecule has 2 fully saturated rings. The number of aromatic nitrogens is 4. The second kappa shape index (κ2) is 16.6. The number of rotatable bonds is 15. The van der Waals surface area contributed by atoms with Crippen LogP contribution in [0.2, 0.25) is 0 Å². The molecule has 0 saturated carbocycles. The number of alkyl carbamates (subject to hydrolysis) is 1. The van der Waals surface area contributed by atoms with Gasteiger partial charge < -0.3 is 35.0 Å². The van der Waals surface area contributed by atoms with Crippen molar-refractivity contribution < 1.29 is 52.9 Å². The summed E-state index contributed by atoms with van der Waals surface area (Å²) in [6, 6.07) is 5.62. The lowest BCUT2D eigenvalue weighted by atomic mass is 9.90. The molecule has 3 aromatic rings. The summed E-state index contributed by atoms with van der Waals surface area (Å²) >= 11 is 2.06. The number of thioether (sulfide) groups is 1. The van der Waals surface area contributed by atoms with E-state index in [1.165, 1.54) is 59.3 Å². The fourth-order valence-corrected chi connectivity index (χ4v) is 7.65. The van der Waals surface area contributed by atoms with Crippen molar-refractivity contribution in [2.45, 2.75) is 102 Å². The molecular weight excluding hydrogens is 803 g/mol. The summed E-state index contributed by atoms with van der Waals surface area (Å²) in [6.07, 6.45) is 0.337. The number of nitrogens with two attached hydrogens (primary N) is 1. The van der Waals surface area contributed by atoms with E-state index in [4.69, 9.17) is 24.8 Å². The number of nitrogens with zero attached hydrogens (tertiary/aromatic N) is 7. The molecule has 2 saturated heterocycles. The van der Waals surface area contributed by atoms with Crippen LogP contribution in [0.5, 0.6) is 5.75 Å². The highest BCUT2D eigenvalue weighted by molar-refractivity contribution is 8.01. The van der Waals surface area contributed by atoms with Gasteiger partial charge >= 0.3 is 18.0 Å². The number of ketones is 1. The number of nitrogen functional groups attached to an aromatic ring is 1. The quantitative estimate of drug-likeness (QED) is 0.0554. The van der Waals surface area contributed by atoms with Gasteiger partial charge in [-0.05, 0) is 73.1 Å². The van der Waals surface area contributed by atoms with Crippen molar-refractivity contribution in [3.63, 3.8) is 0 Å². The molecule has 58 heavy (non-hydrogen) atoms. The van der Waals surface area contributed by atoms with Gasteiger partial charge in [-0.15, -0.1) is 26.5 Å². The summed E-state index contributed by atoms with van der Waals surface area (Å²) in [6.45, 7) is 12.4. The molecule has 1 unspecified atom stereocenters. The van der Waals surface area contributed by atoms with Gasteiger partial charge in [0.25, 0.3) is 5.09 Å². The minimum absolute atomic E-state index is 0.0359. The number of esters is 2. The van der Waals surface area contributed by atoms with Crippen molar-refractivity contribution in [1.29, 1.82) is 0 Å². The fraction of sp³-hybridized carbons (Fsp3) is 0.514. The van der Waals surface area contributed by atoms with Crippen LogP contribution in [0.25, 0.3) is 0 Å². The number of hydrogen-bond donors (Lipinski definition) is 2. The largest absolute Gasteiger partial charge is 0.458 e. The molecule has 2 aromatic heterocycles. The topological polar surface area (TPSA) is 272 Å². The molecule has 1 aromatic carbocycles. The highest BCUT2D eigenvalue weighted by Crippen LogP contribution is 2.53. The summed E-state index contributed by atoms with van der Waals surface area (Å²) < 4.78 is 17.7. The average molecular weight is 846 g/mol. The minimum atomic E-state index is -1.70. The second-order valence-corrected chi connectivity index (χ2v) is 17.9. The Bertz CT molecular complexity index is 2110. The number of carbonyl (C=O) groups is 5. The van der Waals surface area contributed by atoms with E-state index in [1.807, 2.05) is 0 Å². The molecule has 21 nitrogen and oxygen atoms in total. The van der Waals surface area contributed by atoms with Gasteiger partial charge in [0.1, 0.15) is 34.9 Å². The minimum Gasteiger partial charge on any atom is -0.458 e. The number of ether oxygens (including phenoxy) is 3. The highest BCUT2D eigenvalue weighted by Gasteiger charge is 2.64. The molecule has 2 amide bonds. The van der Waals surface area contributed by atoms with Gasteiger partial charge in [-0.3, -0.25) is 14.4 Å². The Hall–Kier alpha value is -5.84. The third kappa shape index (κ3) is 10.4. The third-order valence-electron chi connectivity index (χ3n) is 8.16. The van der Waals surface area contributed by atoms with Crippen LogP contribution in [0, 0.1) is 16.0 Å². The van der Waals surface area contributed by atoms with Crippen LogP contribution in [0.3, 0.4) is 0 Å². The number of amides is 2. The van der Waals surface area contributed by atoms with Gasteiger partial charge in [-0.2, -0.15) is 0 Å². The van der Waals surface area contributed by atoms with Crippen LogP contribution in [0.15, 0.2) is 41.0 Å². The number of carbonyl (C=O) groups excluding carboxylic acids is 5. The fourth-order valence-electron chi connectivity index (χ4n) is 5.46. The predicted octanol–water partition coefficient (Wildman–Crippen LogP) is 3.34. The molecule has 3 N–H and O–H groups in total. The van der Waals surface area contributed by atoms with Gasteiger partial charge in [0, 0.05) is 11.8 Å². The Morgan fingerprint density at radius 3 is 2.34 bits per heavy atom. The Morgan fingerprint density at radius 2 is 1.74 bits per heavy atom. The number of β-lactam (4-membered cyclic amide) rings is 1. The SMILES string of the molecule is CC(C)(C)OC(=O)NCc1cn([C@]2(C(=O)OCc3ccc(O[N+](=O)[O-])cc3)CN3C(=O)C(CC(=O)/C(=N\OC(C)(C)C(=O)OC(C)(C)C)c4csc(N)n4)[C@H]3S2)nn1.